The molecular weight excluding hydrogens is 277 g/mol. The predicted molar refractivity (Wildman–Crippen MR) is 79.1 cm³/mol. The second-order valence-electron chi connectivity index (χ2n) is 4.52. The van der Waals surface area contributed by atoms with E-state index >= 15 is 0 Å². The summed E-state index contributed by atoms with van der Waals surface area (Å²) < 4.78 is 18.9. The molecule has 2 aromatic rings. The van der Waals surface area contributed by atoms with Gasteiger partial charge in [-0.15, -0.1) is 0 Å². The Labute approximate surface area is 123 Å². The molecule has 2 rings (SSSR count). The maximum absolute atomic E-state index is 13.7. The van der Waals surface area contributed by atoms with E-state index in [4.69, 9.17) is 16.3 Å². The van der Waals surface area contributed by atoms with Crippen LogP contribution in [0.3, 0.4) is 0 Å². The number of nitrogens with one attached hydrogen (secondary N) is 1. The summed E-state index contributed by atoms with van der Waals surface area (Å²) >= 11 is 5.76. The van der Waals surface area contributed by atoms with E-state index in [1.807, 2.05) is 24.3 Å². The van der Waals surface area contributed by atoms with Crippen molar-refractivity contribution in [3.8, 4) is 0 Å². The highest BCUT2D eigenvalue weighted by Gasteiger charge is 2.06. The monoisotopic (exact) mass is 293 g/mol. The van der Waals surface area contributed by atoms with Crippen LogP contribution in [0, 0.1) is 5.82 Å². The van der Waals surface area contributed by atoms with Crippen LogP contribution in [0.2, 0.25) is 5.02 Å². The topological polar surface area (TPSA) is 21.3 Å². The van der Waals surface area contributed by atoms with E-state index in [1.165, 1.54) is 0 Å². The molecule has 0 bridgehead atoms. The van der Waals surface area contributed by atoms with Crippen LogP contribution in [0.15, 0.2) is 42.5 Å². The zero-order valence-corrected chi connectivity index (χ0v) is 12.1. The molecule has 0 amide bonds. The van der Waals surface area contributed by atoms with Gasteiger partial charge in [-0.2, -0.15) is 0 Å². The number of hydrogen-bond donors (Lipinski definition) is 1. The summed E-state index contributed by atoms with van der Waals surface area (Å²) in [4.78, 5) is 0. The number of halogens is 2. The molecule has 0 saturated carbocycles. The molecule has 0 aliphatic carbocycles. The van der Waals surface area contributed by atoms with Crippen LogP contribution in [0.5, 0.6) is 0 Å². The van der Waals surface area contributed by atoms with Gasteiger partial charge in [0, 0.05) is 25.8 Å². The SMILES string of the molecule is COCc1ccccc1CNCc1cccc(Cl)c1F. The fourth-order valence-electron chi connectivity index (χ4n) is 2.04. The van der Waals surface area contributed by atoms with Gasteiger partial charge in [0.05, 0.1) is 11.6 Å². The van der Waals surface area contributed by atoms with E-state index in [0.717, 1.165) is 11.1 Å². The molecular formula is C16H17ClFNO. The molecule has 0 aromatic heterocycles. The third kappa shape index (κ3) is 3.79. The predicted octanol–water partition coefficient (Wildman–Crippen LogP) is 3.92. The van der Waals surface area contributed by atoms with Gasteiger partial charge < -0.3 is 10.1 Å². The van der Waals surface area contributed by atoms with Crippen molar-refractivity contribution in [1.82, 2.24) is 5.32 Å². The van der Waals surface area contributed by atoms with Crippen molar-refractivity contribution in [3.05, 3.63) is 70.0 Å². The maximum atomic E-state index is 13.7. The quantitative estimate of drug-likeness (QED) is 0.872. The zero-order valence-electron chi connectivity index (χ0n) is 11.3. The smallest absolute Gasteiger partial charge is 0.146 e. The Morgan fingerprint density at radius 1 is 1.00 bits per heavy atom. The Morgan fingerprint density at radius 2 is 1.65 bits per heavy atom. The molecule has 0 radical (unpaired) electrons. The van der Waals surface area contributed by atoms with Crippen LogP contribution in [0.4, 0.5) is 4.39 Å². The summed E-state index contributed by atoms with van der Waals surface area (Å²) in [5, 5.41) is 3.39. The standard InChI is InChI=1S/C16H17ClFNO/c1-20-11-14-6-3-2-5-12(14)9-19-10-13-7-4-8-15(17)16(13)18/h2-8,19H,9-11H2,1H3. The van der Waals surface area contributed by atoms with Crippen molar-refractivity contribution < 1.29 is 9.13 Å². The number of benzene rings is 2. The highest BCUT2D eigenvalue weighted by molar-refractivity contribution is 6.30. The normalized spacial score (nSPS) is 10.8. The molecule has 0 fully saturated rings. The first kappa shape index (κ1) is 15.0. The summed E-state index contributed by atoms with van der Waals surface area (Å²) in [6.45, 7) is 1.67. The maximum Gasteiger partial charge on any atom is 0.146 e. The Balaban J connectivity index is 1.98. The van der Waals surface area contributed by atoms with E-state index in [1.54, 1.807) is 25.3 Å². The van der Waals surface area contributed by atoms with Gasteiger partial charge in [-0.1, -0.05) is 48.0 Å². The van der Waals surface area contributed by atoms with Crippen molar-refractivity contribution in [2.75, 3.05) is 7.11 Å². The first-order valence-electron chi connectivity index (χ1n) is 6.41. The molecule has 2 nitrogen and oxygen atoms in total. The molecule has 1 N–H and O–H groups in total. The van der Waals surface area contributed by atoms with E-state index < -0.39 is 0 Å². The van der Waals surface area contributed by atoms with Crippen molar-refractivity contribution in [1.29, 1.82) is 0 Å². The van der Waals surface area contributed by atoms with Crippen LogP contribution >= 0.6 is 11.6 Å². The number of ether oxygens (including phenoxy) is 1. The lowest BCUT2D eigenvalue weighted by atomic mass is 10.1. The molecule has 0 atom stereocenters. The summed E-state index contributed by atoms with van der Waals surface area (Å²) in [6.07, 6.45) is 0. The minimum atomic E-state index is -0.355. The lowest BCUT2D eigenvalue weighted by molar-refractivity contribution is 0.184. The molecule has 0 aliphatic rings. The van der Waals surface area contributed by atoms with Crippen LogP contribution < -0.4 is 5.32 Å². The fourth-order valence-corrected chi connectivity index (χ4v) is 2.24. The van der Waals surface area contributed by atoms with Gasteiger partial charge in [-0.25, -0.2) is 4.39 Å². The van der Waals surface area contributed by atoms with Gasteiger partial charge in [-0.05, 0) is 17.2 Å². The molecule has 0 aliphatic heterocycles. The van der Waals surface area contributed by atoms with Crippen LogP contribution in [0.1, 0.15) is 16.7 Å². The molecule has 106 valence electrons. The Morgan fingerprint density at radius 3 is 2.40 bits per heavy atom. The van der Waals surface area contributed by atoms with E-state index in [0.29, 0.717) is 25.3 Å². The average Bonchev–Trinajstić information content (AvgIpc) is 2.45. The van der Waals surface area contributed by atoms with Gasteiger partial charge >= 0.3 is 0 Å². The van der Waals surface area contributed by atoms with Crippen LogP contribution in [0.25, 0.3) is 0 Å². The molecule has 2 aromatic carbocycles. The van der Waals surface area contributed by atoms with Gasteiger partial charge in [0.25, 0.3) is 0 Å². The number of methoxy groups -OCH3 is 1. The van der Waals surface area contributed by atoms with Gasteiger partial charge in [-0.3, -0.25) is 0 Å². The molecule has 0 heterocycles. The average molecular weight is 294 g/mol. The second kappa shape index (κ2) is 7.39. The lowest BCUT2D eigenvalue weighted by Crippen LogP contribution is -2.15. The van der Waals surface area contributed by atoms with Gasteiger partial charge in [0.2, 0.25) is 0 Å². The molecule has 0 spiro atoms. The minimum absolute atomic E-state index is 0.157. The second-order valence-corrected chi connectivity index (χ2v) is 4.93. The Hall–Kier alpha value is -1.42. The lowest BCUT2D eigenvalue weighted by Gasteiger charge is -2.10. The first-order chi connectivity index (χ1) is 9.72. The number of hydrogen-bond acceptors (Lipinski definition) is 2. The minimum Gasteiger partial charge on any atom is -0.380 e. The third-order valence-electron chi connectivity index (χ3n) is 3.08. The largest absolute Gasteiger partial charge is 0.380 e. The highest BCUT2D eigenvalue weighted by atomic mass is 35.5. The Kier molecular flexibility index (Phi) is 5.53. The van der Waals surface area contributed by atoms with Crippen molar-refractivity contribution in [3.63, 3.8) is 0 Å². The van der Waals surface area contributed by atoms with Crippen LogP contribution in [-0.4, -0.2) is 7.11 Å². The molecule has 0 unspecified atom stereocenters. The molecule has 4 heteroatoms. The van der Waals surface area contributed by atoms with Gasteiger partial charge in [0.1, 0.15) is 5.82 Å². The van der Waals surface area contributed by atoms with Gasteiger partial charge in [0.15, 0.2) is 0 Å². The zero-order chi connectivity index (χ0) is 14.4. The summed E-state index contributed by atoms with van der Waals surface area (Å²) in [5.74, 6) is -0.355. The number of rotatable bonds is 6. The summed E-state index contributed by atoms with van der Waals surface area (Å²) in [7, 11) is 1.67. The fraction of sp³-hybridized carbons (Fsp3) is 0.250. The van der Waals surface area contributed by atoms with E-state index in [9.17, 15) is 4.39 Å². The van der Waals surface area contributed by atoms with Crippen LogP contribution in [-0.2, 0) is 24.4 Å². The van der Waals surface area contributed by atoms with Crippen molar-refractivity contribution >= 4 is 11.6 Å². The first-order valence-corrected chi connectivity index (χ1v) is 6.79. The molecule has 0 saturated heterocycles. The van der Waals surface area contributed by atoms with E-state index in [2.05, 4.69) is 5.32 Å². The Bertz CT molecular complexity index is 574. The highest BCUT2D eigenvalue weighted by Crippen LogP contribution is 2.18. The summed E-state index contributed by atoms with van der Waals surface area (Å²) in [6, 6.07) is 13.1. The third-order valence-corrected chi connectivity index (χ3v) is 3.37. The van der Waals surface area contributed by atoms with Crippen molar-refractivity contribution in [2.45, 2.75) is 19.7 Å². The van der Waals surface area contributed by atoms with E-state index in [-0.39, 0.29) is 10.8 Å². The summed E-state index contributed by atoms with van der Waals surface area (Å²) in [5.41, 5.74) is 2.85. The van der Waals surface area contributed by atoms with Crippen molar-refractivity contribution in [2.24, 2.45) is 0 Å². The molecule has 20 heavy (non-hydrogen) atoms.